The zero-order valence-electron chi connectivity index (χ0n) is 6.76. The molecule has 10 heavy (non-hydrogen) atoms. The monoisotopic (exact) mass is 157 g/mol. The van der Waals surface area contributed by atoms with Gasteiger partial charge in [0.1, 0.15) is 0 Å². The number of aliphatic imine (C=N–C) groups is 1. The Morgan fingerprint density at radius 2 is 2.20 bits per heavy atom. The lowest BCUT2D eigenvalue weighted by atomic mass is 10.1. The molecular formula is C8H15NS. The van der Waals surface area contributed by atoms with Crippen LogP contribution in [0.25, 0.3) is 0 Å². The highest BCUT2D eigenvalue weighted by atomic mass is 32.1. The third-order valence-electron chi connectivity index (χ3n) is 1.50. The van der Waals surface area contributed by atoms with Crippen LogP contribution >= 0.6 is 12.2 Å². The van der Waals surface area contributed by atoms with Crippen molar-refractivity contribution in [2.24, 2.45) is 4.99 Å². The zero-order valence-corrected chi connectivity index (χ0v) is 7.58. The third-order valence-corrected chi connectivity index (χ3v) is 1.60. The van der Waals surface area contributed by atoms with Crippen molar-refractivity contribution in [2.45, 2.75) is 45.6 Å². The molecule has 0 spiro atoms. The molecule has 0 aromatic heterocycles. The van der Waals surface area contributed by atoms with Gasteiger partial charge in [-0.15, -0.1) is 0 Å². The molecule has 0 rings (SSSR count). The van der Waals surface area contributed by atoms with E-state index in [1.54, 1.807) is 0 Å². The summed E-state index contributed by atoms with van der Waals surface area (Å²) >= 11 is 4.49. The number of isothiocyanates is 1. The van der Waals surface area contributed by atoms with E-state index in [-0.39, 0.29) is 0 Å². The standard InChI is InChI=1S/C8H15NS/c1-3-4-5-6-8(2)9-7-10/h8H,3-6H2,1-2H3/t8-/m0/s1. The van der Waals surface area contributed by atoms with Crippen LogP contribution < -0.4 is 0 Å². The molecule has 0 aliphatic heterocycles. The van der Waals surface area contributed by atoms with E-state index in [4.69, 9.17) is 0 Å². The summed E-state index contributed by atoms with van der Waals surface area (Å²) in [5, 5.41) is 2.40. The molecule has 0 saturated heterocycles. The number of nitrogens with zero attached hydrogens (tertiary/aromatic N) is 1. The molecule has 2 heteroatoms. The molecule has 1 atom stereocenters. The van der Waals surface area contributed by atoms with Crippen molar-refractivity contribution < 1.29 is 0 Å². The molecule has 0 unspecified atom stereocenters. The van der Waals surface area contributed by atoms with E-state index in [1.807, 2.05) is 0 Å². The smallest absolute Gasteiger partial charge is 0.0587 e. The lowest BCUT2D eigenvalue weighted by Crippen LogP contribution is -1.95. The Bertz CT molecular complexity index is 116. The Hall–Kier alpha value is -0.200. The van der Waals surface area contributed by atoms with Crippen LogP contribution in [0.3, 0.4) is 0 Å². The number of hydrogen-bond donors (Lipinski definition) is 0. The van der Waals surface area contributed by atoms with Gasteiger partial charge in [-0.2, -0.15) is 0 Å². The number of rotatable bonds is 5. The van der Waals surface area contributed by atoms with Crippen molar-refractivity contribution in [3.05, 3.63) is 0 Å². The molecule has 0 amide bonds. The van der Waals surface area contributed by atoms with Crippen molar-refractivity contribution in [3.63, 3.8) is 0 Å². The summed E-state index contributed by atoms with van der Waals surface area (Å²) in [7, 11) is 0. The van der Waals surface area contributed by atoms with Gasteiger partial charge < -0.3 is 0 Å². The second-order valence-corrected chi connectivity index (χ2v) is 2.75. The van der Waals surface area contributed by atoms with Crippen LogP contribution in [0.4, 0.5) is 0 Å². The van der Waals surface area contributed by atoms with Gasteiger partial charge in [-0.25, -0.2) is 4.99 Å². The van der Waals surface area contributed by atoms with Gasteiger partial charge in [-0.1, -0.05) is 26.2 Å². The predicted molar refractivity (Wildman–Crippen MR) is 48.6 cm³/mol. The van der Waals surface area contributed by atoms with E-state index < -0.39 is 0 Å². The Morgan fingerprint density at radius 1 is 1.50 bits per heavy atom. The van der Waals surface area contributed by atoms with E-state index in [0.717, 1.165) is 6.42 Å². The summed E-state index contributed by atoms with van der Waals surface area (Å²) in [6.07, 6.45) is 4.99. The van der Waals surface area contributed by atoms with E-state index in [9.17, 15) is 0 Å². The van der Waals surface area contributed by atoms with Crippen molar-refractivity contribution in [1.82, 2.24) is 0 Å². The number of thiocarbonyl (C=S) groups is 1. The van der Waals surface area contributed by atoms with Gasteiger partial charge in [-0.05, 0) is 25.6 Å². The normalized spacial score (nSPS) is 12.2. The summed E-state index contributed by atoms with van der Waals surface area (Å²) in [5.74, 6) is 0. The van der Waals surface area contributed by atoms with E-state index >= 15 is 0 Å². The maximum atomic E-state index is 4.49. The minimum absolute atomic E-state index is 0.379. The number of hydrogen-bond acceptors (Lipinski definition) is 2. The molecule has 0 heterocycles. The van der Waals surface area contributed by atoms with E-state index in [2.05, 4.69) is 36.2 Å². The minimum Gasteiger partial charge on any atom is -0.229 e. The van der Waals surface area contributed by atoms with E-state index in [0.29, 0.717) is 6.04 Å². The quantitative estimate of drug-likeness (QED) is 0.339. The summed E-state index contributed by atoms with van der Waals surface area (Å²) < 4.78 is 0. The fourth-order valence-electron chi connectivity index (χ4n) is 0.844. The van der Waals surface area contributed by atoms with Gasteiger partial charge in [0.2, 0.25) is 0 Å². The SMILES string of the molecule is CCCCC[C@H](C)N=C=S. The summed E-state index contributed by atoms with van der Waals surface area (Å²) in [6, 6.07) is 0.379. The molecule has 0 aromatic rings. The minimum atomic E-state index is 0.379. The fraction of sp³-hybridized carbons (Fsp3) is 0.875. The topological polar surface area (TPSA) is 12.4 Å². The van der Waals surface area contributed by atoms with Crippen LogP contribution in [0.15, 0.2) is 4.99 Å². The molecular weight excluding hydrogens is 142 g/mol. The van der Waals surface area contributed by atoms with Gasteiger partial charge >= 0.3 is 0 Å². The first-order valence-electron chi connectivity index (χ1n) is 3.88. The molecule has 0 bridgehead atoms. The molecule has 0 aliphatic rings. The maximum absolute atomic E-state index is 4.49. The van der Waals surface area contributed by atoms with Crippen molar-refractivity contribution >= 4 is 17.4 Å². The van der Waals surface area contributed by atoms with Gasteiger partial charge in [0.25, 0.3) is 0 Å². The van der Waals surface area contributed by atoms with Crippen molar-refractivity contribution in [2.75, 3.05) is 0 Å². The molecule has 1 nitrogen and oxygen atoms in total. The zero-order chi connectivity index (χ0) is 7.82. The second-order valence-electron chi connectivity index (χ2n) is 2.57. The lowest BCUT2D eigenvalue weighted by molar-refractivity contribution is 0.595. The second kappa shape index (κ2) is 6.91. The third kappa shape index (κ3) is 5.93. The Morgan fingerprint density at radius 3 is 2.70 bits per heavy atom. The van der Waals surface area contributed by atoms with Crippen LogP contribution in [0, 0.1) is 0 Å². The van der Waals surface area contributed by atoms with Crippen LogP contribution in [-0.4, -0.2) is 11.2 Å². The molecule has 0 fully saturated rings. The van der Waals surface area contributed by atoms with Crippen LogP contribution in [0.1, 0.15) is 39.5 Å². The predicted octanol–water partition coefficient (Wildman–Crippen LogP) is 3.06. The largest absolute Gasteiger partial charge is 0.229 e. The van der Waals surface area contributed by atoms with Crippen LogP contribution in [0.2, 0.25) is 0 Å². The van der Waals surface area contributed by atoms with Crippen LogP contribution in [-0.2, 0) is 0 Å². The summed E-state index contributed by atoms with van der Waals surface area (Å²) in [6.45, 7) is 4.28. The fourth-order valence-corrected chi connectivity index (χ4v) is 1.02. The van der Waals surface area contributed by atoms with Crippen molar-refractivity contribution in [3.8, 4) is 0 Å². The maximum Gasteiger partial charge on any atom is 0.0587 e. The van der Waals surface area contributed by atoms with Crippen LogP contribution in [0.5, 0.6) is 0 Å². The highest BCUT2D eigenvalue weighted by Crippen LogP contribution is 2.04. The van der Waals surface area contributed by atoms with Gasteiger partial charge in [0.15, 0.2) is 0 Å². The first kappa shape index (κ1) is 9.80. The Labute approximate surface area is 68.5 Å². The highest BCUT2D eigenvalue weighted by Gasteiger charge is 1.95. The summed E-state index contributed by atoms with van der Waals surface area (Å²) in [4.78, 5) is 3.96. The molecule has 0 radical (unpaired) electrons. The summed E-state index contributed by atoms with van der Waals surface area (Å²) in [5.41, 5.74) is 0. The Kier molecular flexibility index (Phi) is 6.78. The molecule has 0 aliphatic carbocycles. The Balaban J connectivity index is 3.21. The van der Waals surface area contributed by atoms with Gasteiger partial charge in [0, 0.05) is 0 Å². The molecule has 0 saturated carbocycles. The van der Waals surface area contributed by atoms with E-state index in [1.165, 1.54) is 19.3 Å². The first-order chi connectivity index (χ1) is 4.81. The lowest BCUT2D eigenvalue weighted by Gasteiger charge is -2.01. The van der Waals surface area contributed by atoms with Gasteiger partial charge in [0.05, 0.1) is 11.2 Å². The van der Waals surface area contributed by atoms with Crippen molar-refractivity contribution in [1.29, 1.82) is 0 Å². The first-order valence-corrected chi connectivity index (χ1v) is 4.29. The molecule has 58 valence electrons. The van der Waals surface area contributed by atoms with Gasteiger partial charge in [-0.3, -0.25) is 0 Å². The average molecular weight is 157 g/mol. The average Bonchev–Trinajstić information content (AvgIpc) is 1.89. The highest BCUT2D eigenvalue weighted by molar-refractivity contribution is 7.78. The molecule has 0 N–H and O–H groups in total. The number of unbranched alkanes of at least 4 members (excludes halogenated alkanes) is 2. The molecule has 0 aromatic carbocycles.